The molecule has 0 saturated carbocycles. The number of rotatable bonds is 1. The summed E-state index contributed by atoms with van der Waals surface area (Å²) in [5.74, 6) is -1.32. The van der Waals surface area contributed by atoms with Crippen molar-refractivity contribution in [3.8, 4) is 5.75 Å². The molecule has 0 radical (unpaired) electrons. The van der Waals surface area contributed by atoms with E-state index in [1.54, 1.807) is 24.3 Å². The predicted molar refractivity (Wildman–Crippen MR) is 65.7 cm³/mol. The molecular formula is C15H12F2O2. The van der Waals surface area contributed by atoms with E-state index in [1.807, 2.05) is 0 Å². The van der Waals surface area contributed by atoms with Gasteiger partial charge in [0.1, 0.15) is 11.9 Å². The Bertz CT molecular complexity index is 613. The van der Waals surface area contributed by atoms with Gasteiger partial charge >= 0.3 is 0 Å². The maximum Gasteiger partial charge on any atom is 0.165 e. The van der Waals surface area contributed by atoms with Gasteiger partial charge in [-0.15, -0.1) is 0 Å². The Hall–Kier alpha value is -1.94. The molecule has 0 saturated heterocycles. The van der Waals surface area contributed by atoms with Crippen LogP contribution in [0.25, 0.3) is 0 Å². The Balaban J connectivity index is 1.99. The van der Waals surface area contributed by atoms with Crippen molar-refractivity contribution in [1.29, 1.82) is 0 Å². The number of benzene rings is 2. The summed E-state index contributed by atoms with van der Waals surface area (Å²) in [6.07, 6.45) is -1.21. The summed E-state index contributed by atoms with van der Waals surface area (Å²) in [4.78, 5) is 0. The van der Waals surface area contributed by atoms with Gasteiger partial charge in [0.15, 0.2) is 11.6 Å². The molecule has 19 heavy (non-hydrogen) atoms. The highest BCUT2D eigenvalue weighted by Gasteiger charge is 2.30. The van der Waals surface area contributed by atoms with Crippen molar-refractivity contribution in [2.24, 2.45) is 0 Å². The summed E-state index contributed by atoms with van der Waals surface area (Å²) in [5.41, 5.74) is 0.809. The average molecular weight is 262 g/mol. The van der Waals surface area contributed by atoms with Crippen LogP contribution in [-0.4, -0.2) is 5.11 Å². The molecule has 4 heteroatoms. The fourth-order valence-electron chi connectivity index (χ4n) is 2.35. The first-order chi connectivity index (χ1) is 9.16. The minimum Gasteiger partial charge on any atom is -0.485 e. The normalized spacial score (nSPS) is 21.6. The third-order valence-corrected chi connectivity index (χ3v) is 3.31. The monoisotopic (exact) mass is 262 g/mol. The second-order valence-electron chi connectivity index (χ2n) is 4.54. The van der Waals surface area contributed by atoms with Crippen LogP contribution in [-0.2, 0) is 0 Å². The lowest BCUT2D eigenvalue weighted by Crippen LogP contribution is -2.20. The summed E-state index contributed by atoms with van der Waals surface area (Å²) in [5, 5.41) is 10.1. The Morgan fingerprint density at radius 2 is 1.74 bits per heavy atom. The van der Waals surface area contributed by atoms with Gasteiger partial charge in [0.05, 0.1) is 6.10 Å². The van der Waals surface area contributed by atoms with Crippen LogP contribution >= 0.6 is 0 Å². The molecule has 2 nitrogen and oxygen atoms in total. The molecule has 1 heterocycles. The molecule has 1 aliphatic heterocycles. The standard InChI is InChI=1S/C15H12F2O2/c16-11-6-3-5-10(15(11)17)14-8-12(18)9-4-1-2-7-13(9)19-14/h1-7,12,14,18H,8H2. The number of halogens is 2. The molecule has 0 fully saturated rings. The predicted octanol–water partition coefficient (Wildman–Crippen LogP) is 3.52. The van der Waals surface area contributed by atoms with Crippen LogP contribution in [0.15, 0.2) is 42.5 Å². The van der Waals surface area contributed by atoms with Crippen LogP contribution in [0.3, 0.4) is 0 Å². The molecule has 98 valence electrons. The molecule has 0 amide bonds. The molecule has 2 aromatic carbocycles. The number of fused-ring (bicyclic) bond motifs is 1. The van der Waals surface area contributed by atoms with Crippen molar-refractivity contribution in [1.82, 2.24) is 0 Å². The van der Waals surface area contributed by atoms with Gasteiger partial charge in [-0.2, -0.15) is 0 Å². The Morgan fingerprint density at radius 1 is 1.00 bits per heavy atom. The van der Waals surface area contributed by atoms with Crippen LogP contribution in [0.5, 0.6) is 5.75 Å². The molecule has 0 aliphatic carbocycles. The van der Waals surface area contributed by atoms with Gasteiger partial charge in [-0.3, -0.25) is 0 Å². The van der Waals surface area contributed by atoms with Gasteiger partial charge in [0.2, 0.25) is 0 Å². The van der Waals surface area contributed by atoms with Gasteiger partial charge in [-0.05, 0) is 12.1 Å². The van der Waals surface area contributed by atoms with E-state index >= 15 is 0 Å². The number of aliphatic hydroxyl groups excluding tert-OH is 1. The topological polar surface area (TPSA) is 29.5 Å². The van der Waals surface area contributed by atoms with E-state index in [9.17, 15) is 13.9 Å². The summed E-state index contributed by atoms with van der Waals surface area (Å²) >= 11 is 0. The smallest absolute Gasteiger partial charge is 0.165 e. The second-order valence-corrected chi connectivity index (χ2v) is 4.54. The Morgan fingerprint density at radius 3 is 2.58 bits per heavy atom. The van der Waals surface area contributed by atoms with Crippen LogP contribution in [0.2, 0.25) is 0 Å². The number of para-hydroxylation sites is 1. The first-order valence-electron chi connectivity index (χ1n) is 6.04. The largest absolute Gasteiger partial charge is 0.485 e. The maximum atomic E-state index is 13.8. The molecular weight excluding hydrogens is 250 g/mol. The molecule has 0 spiro atoms. The van der Waals surface area contributed by atoms with Gasteiger partial charge in [0, 0.05) is 17.5 Å². The molecule has 2 aromatic rings. The molecule has 0 bridgehead atoms. The highest BCUT2D eigenvalue weighted by Crippen LogP contribution is 2.41. The van der Waals surface area contributed by atoms with Crippen LogP contribution in [0, 0.1) is 11.6 Å². The van der Waals surface area contributed by atoms with Crippen LogP contribution < -0.4 is 4.74 Å². The minimum absolute atomic E-state index is 0.133. The second kappa shape index (κ2) is 4.63. The lowest BCUT2D eigenvalue weighted by molar-refractivity contribution is 0.0637. The fourth-order valence-corrected chi connectivity index (χ4v) is 2.35. The molecule has 3 rings (SSSR count). The SMILES string of the molecule is OC1CC(c2cccc(F)c2F)Oc2ccccc21. The van der Waals surface area contributed by atoms with Gasteiger partial charge in [0.25, 0.3) is 0 Å². The van der Waals surface area contributed by atoms with Gasteiger partial charge in [-0.25, -0.2) is 8.78 Å². The quantitative estimate of drug-likeness (QED) is 0.852. The highest BCUT2D eigenvalue weighted by atomic mass is 19.2. The number of hydrogen-bond acceptors (Lipinski definition) is 2. The zero-order valence-corrected chi connectivity index (χ0v) is 10.0. The molecule has 1 aliphatic rings. The van der Waals surface area contributed by atoms with Gasteiger partial charge < -0.3 is 9.84 Å². The van der Waals surface area contributed by atoms with Crippen LogP contribution in [0.4, 0.5) is 8.78 Å². The third-order valence-electron chi connectivity index (χ3n) is 3.31. The number of aliphatic hydroxyl groups is 1. The van der Waals surface area contributed by atoms with Gasteiger partial charge in [-0.1, -0.05) is 30.3 Å². The van der Waals surface area contributed by atoms with E-state index in [1.165, 1.54) is 12.1 Å². The van der Waals surface area contributed by atoms with Crippen molar-refractivity contribution in [2.75, 3.05) is 0 Å². The number of ether oxygens (including phenoxy) is 1. The third kappa shape index (κ3) is 2.08. The highest BCUT2D eigenvalue weighted by molar-refractivity contribution is 5.38. The zero-order chi connectivity index (χ0) is 13.4. The lowest BCUT2D eigenvalue weighted by atomic mass is 9.95. The first kappa shape index (κ1) is 12.1. The van der Waals surface area contributed by atoms with Crippen molar-refractivity contribution in [2.45, 2.75) is 18.6 Å². The minimum atomic E-state index is -0.918. The van der Waals surface area contributed by atoms with E-state index in [0.29, 0.717) is 11.3 Å². The van der Waals surface area contributed by atoms with E-state index in [4.69, 9.17) is 4.74 Å². The first-order valence-corrected chi connectivity index (χ1v) is 6.04. The maximum absolute atomic E-state index is 13.8. The van der Waals surface area contributed by atoms with Crippen molar-refractivity contribution < 1.29 is 18.6 Å². The van der Waals surface area contributed by atoms with E-state index in [-0.39, 0.29) is 12.0 Å². The van der Waals surface area contributed by atoms with E-state index in [2.05, 4.69) is 0 Å². The fraction of sp³-hybridized carbons (Fsp3) is 0.200. The van der Waals surface area contributed by atoms with Crippen molar-refractivity contribution >= 4 is 0 Å². The van der Waals surface area contributed by atoms with Crippen molar-refractivity contribution in [3.05, 3.63) is 65.2 Å². The van der Waals surface area contributed by atoms with E-state index < -0.39 is 23.8 Å². The zero-order valence-electron chi connectivity index (χ0n) is 10.0. The molecule has 0 aromatic heterocycles. The molecule has 2 atom stereocenters. The summed E-state index contributed by atoms with van der Waals surface area (Å²) < 4.78 is 32.6. The average Bonchev–Trinajstić information content (AvgIpc) is 2.42. The molecule has 1 N–H and O–H groups in total. The number of hydrogen-bond donors (Lipinski definition) is 1. The Labute approximate surface area is 109 Å². The summed E-state index contributed by atoms with van der Waals surface area (Å²) in [6, 6.07) is 11.0. The summed E-state index contributed by atoms with van der Waals surface area (Å²) in [7, 11) is 0. The van der Waals surface area contributed by atoms with E-state index in [0.717, 1.165) is 6.07 Å². The van der Waals surface area contributed by atoms with Crippen molar-refractivity contribution in [3.63, 3.8) is 0 Å². The van der Waals surface area contributed by atoms with Crippen LogP contribution in [0.1, 0.15) is 29.8 Å². The lowest BCUT2D eigenvalue weighted by Gasteiger charge is -2.30. The summed E-state index contributed by atoms with van der Waals surface area (Å²) in [6.45, 7) is 0. The molecule has 2 unspecified atom stereocenters. The Kier molecular flexibility index (Phi) is 2.95.